The fraction of sp³-hybridized carbons (Fsp3) is 0.538. The summed E-state index contributed by atoms with van der Waals surface area (Å²) in [6, 6.07) is 10.3. The molecule has 1 aromatic carbocycles. The first-order valence-electron chi connectivity index (χ1n) is 5.68. The number of hydrogen-bond donors (Lipinski definition) is 1. The molecule has 74 valence electrons. The van der Waals surface area contributed by atoms with Gasteiger partial charge in [-0.3, -0.25) is 0 Å². The predicted molar refractivity (Wildman–Crippen MR) is 58.2 cm³/mol. The van der Waals surface area contributed by atoms with Gasteiger partial charge in [0, 0.05) is 12.1 Å². The van der Waals surface area contributed by atoms with Crippen molar-refractivity contribution in [3.8, 4) is 0 Å². The zero-order chi connectivity index (χ0) is 9.54. The van der Waals surface area contributed by atoms with Crippen LogP contribution in [0.5, 0.6) is 0 Å². The highest BCUT2D eigenvalue weighted by molar-refractivity contribution is 5.34. The molecule has 0 aliphatic heterocycles. The topological polar surface area (TPSA) is 12.0 Å². The summed E-state index contributed by atoms with van der Waals surface area (Å²) in [5.41, 5.74) is 3.10. The van der Waals surface area contributed by atoms with Gasteiger partial charge in [-0.2, -0.15) is 0 Å². The van der Waals surface area contributed by atoms with Crippen LogP contribution < -0.4 is 5.32 Å². The molecule has 1 saturated carbocycles. The summed E-state index contributed by atoms with van der Waals surface area (Å²) < 4.78 is 0. The van der Waals surface area contributed by atoms with Crippen LogP contribution in [0.2, 0.25) is 0 Å². The van der Waals surface area contributed by atoms with Crippen LogP contribution in [0.25, 0.3) is 0 Å². The van der Waals surface area contributed by atoms with Crippen LogP contribution in [0.3, 0.4) is 0 Å². The second kappa shape index (κ2) is 3.09. The van der Waals surface area contributed by atoms with Gasteiger partial charge in [0.1, 0.15) is 0 Å². The molecule has 1 fully saturated rings. The Morgan fingerprint density at radius 2 is 2.07 bits per heavy atom. The highest BCUT2D eigenvalue weighted by atomic mass is 15.0. The summed E-state index contributed by atoms with van der Waals surface area (Å²) in [7, 11) is 0. The Hall–Kier alpha value is -0.820. The van der Waals surface area contributed by atoms with E-state index in [4.69, 9.17) is 0 Å². The molecule has 2 aliphatic rings. The Morgan fingerprint density at radius 1 is 1.29 bits per heavy atom. The van der Waals surface area contributed by atoms with Crippen LogP contribution >= 0.6 is 0 Å². The molecule has 1 unspecified atom stereocenters. The minimum Gasteiger partial charge on any atom is -0.307 e. The van der Waals surface area contributed by atoms with Crippen molar-refractivity contribution >= 4 is 0 Å². The van der Waals surface area contributed by atoms with Crippen molar-refractivity contribution in [1.29, 1.82) is 0 Å². The van der Waals surface area contributed by atoms with E-state index in [2.05, 4.69) is 36.5 Å². The first kappa shape index (κ1) is 8.49. The van der Waals surface area contributed by atoms with Crippen molar-refractivity contribution in [2.24, 2.45) is 5.92 Å². The Bertz CT molecular complexity index is 345. The van der Waals surface area contributed by atoms with Gasteiger partial charge >= 0.3 is 0 Å². The molecule has 1 N–H and O–H groups in total. The molecule has 14 heavy (non-hydrogen) atoms. The third kappa shape index (κ3) is 1.36. The second-order valence-corrected chi connectivity index (χ2v) is 4.78. The SMILES string of the molecule is C[C@@H]1C[C@H]1NC1CCc2ccccc21. The number of benzene rings is 1. The summed E-state index contributed by atoms with van der Waals surface area (Å²) in [6.07, 6.45) is 3.93. The van der Waals surface area contributed by atoms with Crippen LogP contribution in [0.1, 0.15) is 36.9 Å². The third-order valence-corrected chi connectivity index (χ3v) is 3.66. The minimum absolute atomic E-state index is 0.640. The summed E-state index contributed by atoms with van der Waals surface area (Å²) in [6.45, 7) is 2.33. The zero-order valence-corrected chi connectivity index (χ0v) is 8.66. The Labute approximate surface area is 85.5 Å². The first-order chi connectivity index (χ1) is 6.84. The maximum atomic E-state index is 3.76. The molecule has 0 radical (unpaired) electrons. The maximum absolute atomic E-state index is 3.76. The molecule has 3 rings (SSSR count). The fourth-order valence-electron chi connectivity index (χ4n) is 2.54. The van der Waals surface area contributed by atoms with Gasteiger partial charge in [0.05, 0.1) is 0 Å². The van der Waals surface area contributed by atoms with E-state index in [9.17, 15) is 0 Å². The molecule has 0 aromatic heterocycles. The molecule has 0 heterocycles. The van der Waals surface area contributed by atoms with Crippen molar-refractivity contribution in [3.63, 3.8) is 0 Å². The summed E-state index contributed by atoms with van der Waals surface area (Å²) in [5, 5.41) is 3.76. The number of hydrogen-bond acceptors (Lipinski definition) is 1. The molecule has 1 nitrogen and oxygen atoms in total. The molecule has 0 amide bonds. The maximum Gasteiger partial charge on any atom is 0.0328 e. The fourth-order valence-corrected chi connectivity index (χ4v) is 2.54. The van der Waals surface area contributed by atoms with E-state index in [1.54, 1.807) is 11.1 Å². The van der Waals surface area contributed by atoms with E-state index in [-0.39, 0.29) is 0 Å². The highest BCUT2D eigenvalue weighted by Gasteiger charge is 2.35. The van der Waals surface area contributed by atoms with Crippen LogP contribution in [-0.4, -0.2) is 6.04 Å². The van der Waals surface area contributed by atoms with E-state index in [1.807, 2.05) is 0 Å². The van der Waals surface area contributed by atoms with E-state index in [0.29, 0.717) is 6.04 Å². The normalized spacial score (nSPS) is 34.2. The van der Waals surface area contributed by atoms with Crippen molar-refractivity contribution in [1.82, 2.24) is 5.32 Å². The monoisotopic (exact) mass is 187 g/mol. The number of fused-ring (bicyclic) bond motifs is 1. The van der Waals surface area contributed by atoms with Gasteiger partial charge in [-0.05, 0) is 36.3 Å². The van der Waals surface area contributed by atoms with Crippen LogP contribution in [0.4, 0.5) is 0 Å². The van der Waals surface area contributed by atoms with Gasteiger partial charge in [0.2, 0.25) is 0 Å². The van der Waals surface area contributed by atoms with Crippen molar-refractivity contribution < 1.29 is 0 Å². The largest absolute Gasteiger partial charge is 0.307 e. The van der Waals surface area contributed by atoms with E-state index < -0.39 is 0 Å². The predicted octanol–water partition coefficient (Wildman–Crippen LogP) is 2.67. The average Bonchev–Trinajstić information content (AvgIpc) is 2.75. The van der Waals surface area contributed by atoms with E-state index >= 15 is 0 Å². The summed E-state index contributed by atoms with van der Waals surface area (Å²) >= 11 is 0. The lowest BCUT2D eigenvalue weighted by molar-refractivity contribution is 0.513. The molecule has 0 bridgehead atoms. The van der Waals surface area contributed by atoms with Crippen LogP contribution in [0.15, 0.2) is 24.3 Å². The molecule has 1 heteroatoms. The molecule has 0 saturated heterocycles. The summed E-state index contributed by atoms with van der Waals surface area (Å²) in [5.74, 6) is 0.905. The molecular formula is C13H17N. The Kier molecular flexibility index (Phi) is 1.88. The van der Waals surface area contributed by atoms with Crippen LogP contribution in [-0.2, 0) is 6.42 Å². The van der Waals surface area contributed by atoms with Gasteiger partial charge in [-0.1, -0.05) is 31.2 Å². The number of nitrogens with one attached hydrogen (secondary N) is 1. The number of aryl methyl sites for hydroxylation is 1. The van der Waals surface area contributed by atoms with Crippen molar-refractivity contribution in [3.05, 3.63) is 35.4 Å². The molecule has 1 aromatic rings. The Morgan fingerprint density at radius 3 is 2.86 bits per heavy atom. The molecule has 3 atom stereocenters. The van der Waals surface area contributed by atoms with E-state index in [0.717, 1.165) is 12.0 Å². The quantitative estimate of drug-likeness (QED) is 0.750. The smallest absolute Gasteiger partial charge is 0.0328 e. The van der Waals surface area contributed by atoms with Gasteiger partial charge in [-0.25, -0.2) is 0 Å². The minimum atomic E-state index is 0.640. The lowest BCUT2D eigenvalue weighted by Crippen LogP contribution is -2.22. The van der Waals surface area contributed by atoms with Gasteiger partial charge in [-0.15, -0.1) is 0 Å². The first-order valence-corrected chi connectivity index (χ1v) is 5.68. The van der Waals surface area contributed by atoms with Gasteiger partial charge < -0.3 is 5.32 Å². The number of rotatable bonds is 2. The average molecular weight is 187 g/mol. The third-order valence-electron chi connectivity index (χ3n) is 3.66. The van der Waals surface area contributed by atoms with Crippen molar-refractivity contribution in [2.75, 3.05) is 0 Å². The van der Waals surface area contributed by atoms with E-state index in [1.165, 1.54) is 19.3 Å². The molecule has 0 spiro atoms. The zero-order valence-electron chi connectivity index (χ0n) is 8.66. The highest BCUT2D eigenvalue weighted by Crippen LogP contribution is 2.36. The summed E-state index contributed by atoms with van der Waals surface area (Å²) in [4.78, 5) is 0. The van der Waals surface area contributed by atoms with Crippen molar-refractivity contribution in [2.45, 2.75) is 38.3 Å². The Balaban J connectivity index is 1.77. The lowest BCUT2D eigenvalue weighted by atomic mass is 10.1. The molecular weight excluding hydrogens is 170 g/mol. The van der Waals surface area contributed by atoms with Crippen LogP contribution in [0, 0.1) is 5.92 Å². The standard InChI is InChI=1S/C13H17N/c1-9-8-13(9)14-12-7-6-10-4-2-3-5-11(10)12/h2-5,9,12-14H,6-8H2,1H3/t9-,12?,13-/m1/s1. The van der Waals surface area contributed by atoms with Gasteiger partial charge in [0.25, 0.3) is 0 Å². The molecule has 2 aliphatic carbocycles. The second-order valence-electron chi connectivity index (χ2n) is 4.78. The van der Waals surface area contributed by atoms with Gasteiger partial charge in [0.15, 0.2) is 0 Å². The lowest BCUT2D eigenvalue weighted by Gasteiger charge is -2.13.